The van der Waals surface area contributed by atoms with Gasteiger partial charge in [0.15, 0.2) is 0 Å². The van der Waals surface area contributed by atoms with Gasteiger partial charge in [-0.05, 0) is 31.6 Å². The van der Waals surface area contributed by atoms with Crippen LogP contribution in [0.5, 0.6) is 0 Å². The van der Waals surface area contributed by atoms with Crippen molar-refractivity contribution in [1.29, 1.82) is 0 Å². The van der Waals surface area contributed by atoms with Crippen LogP contribution in [-0.2, 0) is 4.74 Å². The van der Waals surface area contributed by atoms with Crippen molar-refractivity contribution < 1.29 is 4.74 Å². The number of methoxy groups -OCH3 is 1. The maximum absolute atomic E-state index is 5.10. The van der Waals surface area contributed by atoms with Crippen LogP contribution in [-0.4, -0.2) is 26.3 Å². The monoisotopic (exact) mass is 185 g/mol. The molecule has 0 aromatic rings. The Labute approximate surface area is 82.0 Å². The standard InChI is InChI=1S/C11H23NO/c1-9(8-13-3)7-12-10(2)11-5-4-6-11/h9-12H,4-8H2,1-3H3. The van der Waals surface area contributed by atoms with Crippen LogP contribution >= 0.6 is 0 Å². The molecule has 0 radical (unpaired) electrons. The van der Waals surface area contributed by atoms with Gasteiger partial charge in [-0.3, -0.25) is 0 Å². The van der Waals surface area contributed by atoms with Crippen LogP contribution < -0.4 is 5.32 Å². The van der Waals surface area contributed by atoms with Gasteiger partial charge in [0.05, 0.1) is 0 Å². The number of hydrogen-bond acceptors (Lipinski definition) is 2. The van der Waals surface area contributed by atoms with Gasteiger partial charge in [-0.1, -0.05) is 13.3 Å². The normalized spacial score (nSPS) is 22.4. The van der Waals surface area contributed by atoms with E-state index in [1.54, 1.807) is 7.11 Å². The number of ether oxygens (including phenoxy) is 1. The lowest BCUT2D eigenvalue weighted by Crippen LogP contribution is -2.39. The molecule has 13 heavy (non-hydrogen) atoms. The number of nitrogens with one attached hydrogen (secondary N) is 1. The molecule has 0 spiro atoms. The molecule has 1 aliphatic rings. The Kier molecular flexibility index (Phi) is 4.74. The van der Waals surface area contributed by atoms with E-state index in [-0.39, 0.29) is 0 Å². The molecule has 1 N–H and O–H groups in total. The van der Waals surface area contributed by atoms with E-state index in [4.69, 9.17) is 4.74 Å². The van der Waals surface area contributed by atoms with Crippen molar-refractivity contribution in [3.63, 3.8) is 0 Å². The molecule has 2 unspecified atom stereocenters. The molecule has 2 atom stereocenters. The summed E-state index contributed by atoms with van der Waals surface area (Å²) >= 11 is 0. The Morgan fingerprint density at radius 3 is 2.54 bits per heavy atom. The fourth-order valence-corrected chi connectivity index (χ4v) is 1.84. The highest BCUT2D eigenvalue weighted by atomic mass is 16.5. The van der Waals surface area contributed by atoms with E-state index < -0.39 is 0 Å². The van der Waals surface area contributed by atoms with Crippen molar-refractivity contribution in [2.45, 2.75) is 39.2 Å². The van der Waals surface area contributed by atoms with Crippen LogP contribution in [0.2, 0.25) is 0 Å². The molecule has 0 saturated heterocycles. The SMILES string of the molecule is COCC(C)CNC(C)C1CCC1. The Bertz CT molecular complexity index is 134. The fourth-order valence-electron chi connectivity index (χ4n) is 1.84. The molecule has 0 aromatic carbocycles. The van der Waals surface area contributed by atoms with E-state index in [9.17, 15) is 0 Å². The maximum Gasteiger partial charge on any atom is 0.0499 e. The third kappa shape index (κ3) is 3.65. The van der Waals surface area contributed by atoms with E-state index >= 15 is 0 Å². The van der Waals surface area contributed by atoms with Crippen molar-refractivity contribution in [1.82, 2.24) is 5.32 Å². The molecule has 1 fully saturated rings. The highest BCUT2D eigenvalue weighted by Gasteiger charge is 2.23. The summed E-state index contributed by atoms with van der Waals surface area (Å²) in [7, 11) is 1.77. The third-order valence-electron chi connectivity index (χ3n) is 3.10. The number of rotatable bonds is 6. The summed E-state index contributed by atoms with van der Waals surface area (Å²) in [4.78, 5) is 0. The van der Waals surface area contributed by atoms with Crippen molar-refractivity contribution in [2.75, 3.05) is 20.3 Å². The highest BCUT2D eigenvalue weighted by Crippen LogP contribution is 2.29. The Morgan fingerprint density at radius 2 is 2.08 bits per heavy atom. The average molecular weight is 185 g/mol. The van der Waals surface area contributed by atoms with Gasteiger partial charge in [0, 0.05) is 26.3 Å². The molecule has 2 nitrogen and oxygen atoms in total. The minimum absolute atomic E-state index is 0.632. The van der Waals surface area contributed by atoms with Gasteiger partial charge >= 0.3 is 0 Å². The van der Waals surface area contributed by atoms with Crippen LogP contribution in [0.4, 0.5) is 0 Å². The molecule has 0 aromatic heterocycles. The molecule has 0 amide bonds. The quantitative estimate of drug-likeness (QED) is 0.684. The Hall–Kier alpha value is -0.0800. The van der Waals surface area contributed by atoms with Gasteiger partial charge in [-0.2, -0.15) is 0 Å². The van der Waals surface area contributed by atoms with E-state index in [0.29, 0.717) is 12.0 Å². The lowest BCUT2D eigenvalue weighted by atomic mass is 9.80. The van der Waals surface area contributed by atoms with Gasteiger partial charge in [-0.15, -0.1) is 0 Å². The third-order valence-corrected chi connectivity index (χ3v) is 3.10. The zero-order valence-corrected chi connectivity index (χ0v) is 9.18. The van der Waals surface area contributed by atoms with Gasteiger partial charge in [0.1, 0.15) is 0 Å². The lowest BCUT2D eigenvalue weighted by molar-refractivity contribution is 0.151. The van der Waals surface area contributed by atoms with Crippen molar-refractivity contribution in [3.8, 4) is 0 Å². The average Bonchev–Trinajstić information content (AvgIpc) is 1.98. The second-order valence-corrected chi connectivity index (χ2v) is 4.45. The smallest absolute Gasteiger partial charge is 0.0499 e. The van der Waals surface area contributed by atoms with Crippen LogP contribution in [0.15, 0.2) is 0 Å². The predicted octanol–water partition coefficient (Wildman–Crippen LogP) is 2.05. The minimum Gasteiger partial charge on any atom is -0.384 e. The van der Waals surface area contributed by atoms with Crippen LogP contribution in [0, 0.1) is 11.8 Å². The Balaban J connectivity index is 2.03. The summed E-state index contributed by atoms with van der Waals surface area (Å²) in [6.45, 7) is 6.49. The largest absolute Gasteiger partial charge is 0.384 e. The minimum atomic E-state index is 0.632. The van der Waals surface area contributed by atoms with E-state index in [1.165, 1.54) is 19.3 Å². The zero-order chi connectivity index (χ0) is 9.68. The lowest BCUT2D eigenvalue weighted by Gasteiger charge is -2.32. The first-order valence-electron chi connectivity index (χ1n) is 5.46. The Morgan fingerprint density at radius 1 is 1.38 bits per heavy atom. The summed E-state index contributed by atoms with van der Waals surface area (Å²) < 4.78 is 5.10. The van der Waals surface area contributed by atoms with Crippen LogP contribution in [0.3, 0.4) is 0 Å². The molecular weight excluding hydrogens is 162 g/mol. The summed E-state index contributed by atoms with van der Waals surface area (Å²) in [5, 5.41) is 3.59. The predicted molar refractivity (Wildman–Crippen MR) is 55.8 cm³/mol. The first-order valence-corrected chi connectivity index (χ1v) is 5.46. The van der Waals surface area contributed by atoms with E-state index in [2.05, 4.69) is 19.2 Å². The molecule has 1 aliphatic carbocycles. The van der Waals surface area contributed by atoms with Gasteiger partial charge in [0.25, 0.3) is 0 Å². The summed E-state index contributed by atoms with van der Waals surface area (Å²) in [5.74, 6) is 1.57. The molecule has 1 saturated carbocycles. The van der Waals surface area contributed by atoms with E-state index in [0.717, 1.165) is 19.1 Å². The van der Waals surface area contributed by atoms with Gasteiger partial charge in [0.2, 0.25) is 0 Å². The first kappa shape index (κ1) is 11.0. The molecule has 0 bridgehead atoms. The molecule has 0 heterocycles. The second-order valence-electron chi connectivity index (χ2n) is 4.45. The summed E-state index contributed by atoms with van der Waals surface area (Å²) in [5.41, 5.74) is 0. The summed E-state index contributed by atoms with van der Waals surface area (Å²) in [6.07, 6.45) is 4.28. The second kappa shape index (κ2) is 5.61. The van der Waals surface area contributed by atoms with E-state index in [1.807, 2.05) is 0 Å². The molecule has 2 heteroatoms. The zero-order valence-electron chi connectivity index (χ0n) is 9.18. The molecule has 0 aliphatic heterocycles. The van der Waals surface area contributed by atoms with Crippen molar-refractivity contribution >= 4 is 0 Å². The van der Waals surface area contributed by atoms with Crippen molar-refractivity contribution in [2.24, 2.45) is 11.8 Å². The van der Waals surface area contributed by atoms with Crippen LogP contribution in [0.25, 0.3) is 0 Å². The number of hydrogen-bond donors (Lipinski definition) is 1. The molecule has 78 valence electrons. The first-order chi connectivity index (χ1) is 6.24. The topological polar surface area (TPSA) is 21.3 Å². The molecule has 1 rings (SSSR count). The van der Waals surface area contributed by atoms with Gasteiger partial charge in [-0.25, -0.2) is 0 Å². The van der Waals surface area contributed by atoms with Gasteiger partial charge < -0.3 is 10.1 Å². The fraction of sp³-hybridized carbons (Fsp3) is 1.00. The van der Waals surface area contributed by atoms with Crippen molar-refractivity contribution in [3.05, 3.63) is 0 Å². The summed E-state index contributed by atoms with van der Waals surface area (Å²) in [6, 6.07) is 0.702. The van der Waals surface area contributed by atoms with Crippen LogP contribution in [0.1, 0.15) is 33.1 Å². The highest BCUT2D eigenvalue weighted by molar-refractivity contribution is 4.79. The molecular formula is C11H23NO. The maximum atomic E-state index is 5.10.